The van der Waals surface area contributed by atoms with Gasteiger partial charge in [-0.25, -0.2) is 9.59 Å². The van der Waals surface area contributed by atoms with E-state index >= 15 is 0 Å². The first-order valence-electron chi connectivity index (χ1n) is 6.76. The van der Waals surface area contributed by atoms with Crippen LogP contribution in [0.2, 0.25) is 0 Å². The highest BCUT2D eigenvalue weighted by Crippen LogP contribution is 2.13. The van der Waals surface area contributed by atoms with Gasteiger partial charge in [-0.05, 0) is 20.8 Å². The van der Waals surface area contributed by atoms with Gasteiger partial charge in [0.2, 0.25) is 0 Å². The molecule has 0 aliphatic heterocycles. The van der Waals surface area contributed by atoms with Crippen LogP contribution in [-0.4, -0.2) is 46.3 Å². The quantitative estimate of drug-likeness (QED) is 0.641. The standard InChI is InChI=1S/C13H22N.C2H2O4/c1-4-14(5-2,6-3)12-13-10-8-7-9-11-13;3-1(4)2(5)6/h7-11H,4-6,12H2,1-3H3;(H,3,4)(H,5,6)/q+1;. The highest BCUT2D eigenvalue weighted by molar-refractivity contribution is 6.27. The molecule has 5 heteroatoms. The number of hydrogen-bond acceptors (Lipinski definition) is 2. The monoisotopic (exact) mass is 282 g/mol. The summed E-state index contributed by atoms with van der Waals surface area (Å²) in [6, 6.07) is 10.8. The number of carboxylic acid groups (broad SMARTS) is 2. The first-order chi connectivity index (χ1) is 9.40. The van der Waals surface area contributed by atoms with Crippen LogP contribution in [0.15, 0.2) is 30.3 Å². The number of carboxylic acids is 2. The summed E-state index contributed by atoms with van der Waals surface area (Å²) >= 11 is 0. The van der Waals surface area contributed by atoms with E-state index in [4.69, 9.17) is 19.8 Å². The average molecular weight is 282 g/mol. The van der Waals surface area contributed by atoms with Gasteiger partial charge >= 0.3 is 11.9 Å². The zero-order valence-corrected chi connectivity index (χ0v) is 12.4. The Morgan fingerprint density at radius 3 is 1.60 bits per heavy atom. The number of nitrogens with zero attached hydrogens (tertiary/aromatic N) is 1. The minimum absolute atomic E-state index is 1.17. The van der Waals surface area contributed by atoms with Crippen molar-refractivity contribution in [1.29, 1.82) is 0 Å². The fourth-order valence-corrected chi connectivity index (χ4v) is 1.98. The molecule has 1 rings (SSSR count). The van der Waals surface area contributed by atoms with Crippen LogP contribution in [0.25, 0.3) is 0 Å². The van der Waals surface area contributed by atoms with Crippen LogP contribution in [0.1, 0.15) is 26.3 Å². The summed E-state index contributed by atoms with van der Waals surface area (Å²) in [6.45, 7) is 11.7. The van der Waals surface area contributed by atoms with Gasteiger partial charge in [-0.1, -0.05) is 30.3 Å². The Labute approximate surface area is 120 Å². The lowest BCUT2D eigenvalue weighted by molar-refractivity contribution is -0.936. The lowest BCUT2D eigenvalue weighted by Crippen LogP contribution is -2.46. The topological polar surface area (TPSA) is 74.6 Å². The molecule has 0 aromatic heterocycles. The fraction of sp³-hybridized carbons (Fsp3) is 0.467. The van der Waals surface area contributed by atoms with Crippen LogP contribution in [0.5, 0.6) is 0 Å². The maximum atomic E-state index is 9.10. The van der Waals surface area contributed by atoms with Gasteiger partial charge in [0.1, 0.15) is 6.54 Å². The summed E-state index contributed by atoms with van der Waals surface area (Å²) < 4.78 is 1.20. The lowest BCUT2D eigenvalue weighted by atomic mass is 10.2. The van der Waals surface area contributed by atoms with Crippen LogP contribution < -0.4 is 0 Å². The highest BCUT2D eigenvalue weighted by Gasteiger charge is 2.20. The molecule has 20 heavy (non-hydrogen) atoms. The van der Waals surface area contributed by atoms with Crippen molar-refractivity contribution >= 4 is 11.9 Å². The third-order valence-corrected chi connectivity index (χ3v) is 3.56. The fourth-order valence-electron chi connectivity index (χ4n) is 1.98. The summed E-state index contributed by atoms with van der Waals surface area (Å²) in [7, 11) is 0. The maximum absolute atomic E-state index is 9.10. The Morgan fingerprint density at radius 2 is 1.30 bits per heavy atom. The van der Waals surface area contributed by atoms with E-state index in [0.717, 1.165) is 0 Å². The number of benzene rings is 1. The summed E-state index contributed by atoms with van der Waals surface area (Å²) in [5.74, 6) is -3.65. The molecule has 1 aromatic rings. The van der Waals surface area contributed by atoms with E-state index in [1.807, 2.05) is 0 Å². The summed E-state index contributed by atoms with van der Waals surface area (Å²) in [6.07, 6.45) is 0. The van der Waals surface area contributed by atoms with E-state index in [1.54, 1.807) is 0 Å². The second kappa shape index (κ2) is 9.09. The molecule has 112 valence electrons. The molecule has 0 heterocycles. The van der Waals surface area contributed by atoms with Crippen molar-refractivity contribution in [3.63, 3.8) is 0 Å². The van der Waals surface area contributed by atoms with E-state index < -0.39 is 11.9 Å². The zero-order valence-electron chi connectivity index (χ0n) is 12.4. The number of hydrogen-bond donors (Lipinski definition) is 2. The normalized spacial score (nSPS) is 10.3. The Balaban J connectivity index is 0.000000511. The molecular formula is C15H24NO4+. The van der Waals surface area contributed by atoms with Crippen LogP contribution in [-0.2, 0) is 16.1 Å². The molecule has 0 aliphatic rings. The van der Waals surface area contributed by atoms with E-state index in [9.17, 15) is 0 Å². The predicted molar refractivity (Wildman–Crippen MR) is 77.3 cm³/mol. The summed E-state index contributed by atoms with van der Waals surface area (Å²) in [5.41, 5.74) is 1.46. The van der Waals surface area contributed by atoms with E-state index in [-0.39, 0.29) is 0 Å². The smallest absolute Gasteiger partial charge is 0.414 e. The molecule has 2 N–H and O–H groups in total. The molecule has 0 radical (unpaired) electrons. The van der Waals surface area contributed by atoms with Crippen molar-refractivity contribution in [2.24, 2.45) is 0 Å². The van der Waals surface area contributed by atoms with Gasteiger partial charge in [0.25, 0.3) is 0 Å². The van der Waals surface area contributed by atoms with Gasteiger partial charge in [0, 0.05) is 5.56 Å². The van der Waals surface area contributed by atoms with Gasteiger partial charge in [0.15, 0.2) is 0 Å². The largest absolute Gasteiger partial charge is 0.473 e. The summed E-state index contributed by atoms with van der Waals surface area (Å²) in [4.78, 5) is 18.2. The van der Waals surface area contributed by atoms with Crippen LogP contribution in [0.3, 0.4) is 0 Å². The first kappa shape index (κ1) is 18.1. The van der Waals surface area contributed by atoms with Gasteiger partial charge in [-0.15, -0.1) is 0 Å². The molecule has 0 unspecified atom stereocenters. The Bertz CT molecular complexity index is 393. The van der Waals surface area contributed by atoms with Crippen LogP contribution in [0.4, 0.5) is 0 Å². The van der Waals surface area contributed by atoms with Crippen LogP contribution >= 0.6 is 0 Å². The molecule has 5 nitrogen and oxygen atoms in total. The van der Waals surface area contributed by atoms with Crippen molar-refractivity contribution in [3.8, 4) is 0 Å². The second-order valence-electron chi connectivity index (χ2n) is 4.54. The van der Waals surface area contributed by atoms with E-state index in [1.165, 1.54) is 36.2 Å². The SMILES string of the molecule is CC[N+](CC)(CC)Cc1ccccc1.O=C(O)C(=O)O. The van der Waals surface area contributed by atoms with Crippen molar-refractivity contribution < 1.29 is 24.3 Å². The number of quaternary nitrogens is 1. The van der Waals surface area contributed by atoms with Gasteiger partial charge in [-0.3, -0.25) is 0 Å². The molecule has 1 aromatic carbocycles. The van der Waals surface area contributed by atoms with Gasteiger partial charge < -0.3 is 14.7 Å². The Hall–Kier alpha value is -1.88. The first-order valence-corrected chi connectivity index (χ1v) is 6.76. The molecule has 0 fully saturated rings. The van der Waals surface area contributed by atoms with Gasteiger partial charge in [-0.2, -0.15) is 0 Å². The maximum Gasteiger partial charge on any atom is 0.414 e. The molecule has 0 amide bonds. The molecule has 0 atom stereocenters. The predicted octanol–water partition coefficient (Wildman–Crippen LogP) is 2.22. The van der Waals surface area contributed by atoms with Crippen molar-refractivity contribution in [2.45, 2.75) is 27.3 Å². The number of aliphatic carboxylic acids is 2. The van der Waals surface area contributed by atoms with Crippen LogP contribution in [0, 0.1) is 0 Å². The molecule has 0 spiro atoms. The molecule has 0 aliphatic carbocycles. The molecule has 0 saturated heterocycles. The van der Waals surface area contributed by atoms with E-state index in [2.05, 4.69) is 51.1 Å². The van der Waals surface area contributed by atoms with Crippen molar-refractivity contribution in [3.05, 3.63) is 35.9 Å². The third kappa shape index (κ3) is 6.33. The van der Waals surface area contributed by atoms with E-state index in [0.29, 0.717) is 0 Å². The Morgan fingerprint density at radius 1 is 0.900 bits per heavy atom. The minimum atomic E-state index is -1.82. The van der Waals surface area contributed by atoms with Crippen molar-refractivity contribution in [2.75, 3.05) is 19.6 Å². The average Bonchev–Trinajstić information content (AvgIpc) is 2.46. The lowest BCUT2D eigenvalue weighted by Gasteiger charge is -2.35. The summed E-state index contributed by atoms with van der Waals surface area (Å²) in [5, 5.41) is 14.8. The minimum Gasteiger partial charge on any atom is -0.473 e. The highest BCUT2D eigenvalue weighted by atomic mass is 16.4. The Kier molecular flexibility index (Phi) is 8.24. The molecule has 0 bridgehead atoms. The zero-order chi connectivity index (χ0) is 15.6. The second-order valence-corrected chi connectivity index (χ2v) is 4.54. The number of carbonyl (C=O) groups is 2. The molecule has 0 saturated carbocycles. The van der Waals surface area contributed by atoms with Crippen molar-refractivity contribution in [1.82, 2.24) is 0 Å². The third-order valence-electron chi connectivity index (χ3n) is 3.56. The number of rotatable bonds is 5. The molecular weight excluding hydrogens is 258 g/mol. The van der Waals surface area contributed by atoms with Gasteiger partial charge in [0.05, 0.1) is 19.6 Å².